The molecule has 0 aliphatic carbocycles. The first-order chi connectivity index (χ1) is 17.0. The minimum atomic E-state index is -3.55. The lowest BCUT2D eigenvalue weighted by molar-refractivity contribution is 0.0952. The van der Waals surface area contributed by atoms with Crippen LogP contribution in [-0.2, 0) is 22.8 Å². The highest BCUT2D eigenvalue weighted by Gasteiger charge is 2.22. The summed E-state index contributed by atoms with van der Waals surface area (Å²) in [4.78, 5) is 29.2. The largest absolute Gasteiger partial charge is 0.348 e. The first kappa shape index (κ1) is 25.4. The number of benzene rings is 2. The second-order valence-electron chi connectivity index (χ2n) is 9.58. The Bertz CT molecular complexity index is 1610. The number of sulfone groups is 1. The molecule has 0 saturated heterocycles. The molecule has 0 saturated carbocycles. The van der Waals surface area contributed by atoms with Crippen LogP contribution < -0.4 is 10.9 Å². The molecule has 8 heteroatoms. The van der Waals surface area contributed by atoms with Gasteiger partial charge in [0, 0.05) is 41.7 Å². The van der Waals surface area contributed by atoms with Gasteiger partial charge in [-0.25, -0.2) is 8.42 Å². The number of carbonyl (C=O) groups is 1. The van der Waals surface area contributed by atoms with Crippen LogP contribution in [-0.4, -0.2) is 30.1 Å². The monoisotopic (exact) mass is 505 g/mol. The zero-order valence-corrected chi connectivity index (χ0v) is 22.0. The topological polar surface area (TPSA) is 101 Å². The van der Waals surface area contributed by atoms with Crippen LogP contribution in [0.3, 0.4) is 0 Å². The molecule has 188 valence electrons. The maximum absolute atomic E-state index is 13.5. The molecule has 2 aromatic carbocycles. The standard InChI is InChI=1S/C28H31N3O4S/c1-17(2)31-16-18(3)26-23(13-22(14-25(26)31)36(5,34)35)27(32)29-15-24-21(11-19(4)30-28(24)33)12-20-9-7-6-8-10-20/h6-11,13-14,16-17H,12,15H2,1-5H3,(H,29,32)(H,30,33). The zero-order chi connectivity index (χ0) is 26.2. The van der Waals surface area contributed by atoms with Crippen molar-refractivity contribution in [1.82, 2.24) is 14.9 Å². The van der Waals surface area contributed by atoms with E-state index in [-0.39, 0.29) is 28.6 Å². The lowest BCUT2D eigenvalue weighted by Crippen LogP contribution is -2.28. The van der Waals surface area contributed by atoms with Crippen LogP contribution in [0.1, 0.15) is 58.2 Å². The first-order valence-electron chi connectivity index (χ1n) is 11.8. The van der Waals surface area contributed by atoms with Gasteiger partial charge in [-0.05, 0) is 69.0 Å². The second kappa shape index (κ2) is 9.78. The molecule has 7 nitrogen and oxygen atoms in total. The molecule has 0 atom stereocenters. The third-order valence-corrected chi connectivity index (χ3v) is 7.44. The Morgan fingerprint density at radius 3 is 2.42 bits per heavy atom. The van der Waals surface area contributed by atoms with Crippen molar-refractivity contribution in [2.75, 3.05) is 6.26 Å². The first-order valence-corrected chi connectivity index (χ1v) is 13.7. The third kappa shape index (κ3) is 5.14. The van der Waals surface area contributed by atoms with Crippen molar-refractivity contribution in [2.45, 2.75) is 51.6 Å². The molecule has 0 aliphatic heterocycles. The number of amides is 1. The average Bonchev–Trinajstić information content (AvgIpc) is 3.14. The number of hydrogen-bond donors (Lipinski definition) is 2. The number of fused-ring (bicyclic) bond motifs is 1. The van der Waals surface area contributed by atoms with Gasteiger partial charge in [0.25, 0.3) is 11.5 Å². The van der Waals surface area contributed by atoms with E-state index >= 15 is 0 Å². The molecule has 4 rings (SSSR count). The van der Waals surface area contributed by atoms with Crippen molar-refractivity contribution in [3.05, 3.63) is 98.6 Å². The Morgan fingerprint density at radius 2 is 1.78 bits per heavy atom. The molecular formula is C28H31N3O4S. The molecule has 2 N–H and O–H groups in total. The highest BCUT2D eigenvalue weighted by atomic mass is 32.2. The van der Waals surface area contributed by atoms with Crippen LogP contribution in [0.25, 0.3) is 10.9 Å². The number of carbonyl (C=O) groups excluding carboxylic acids is 1. The van der Waals surface area contributed by atoms with Crippen LogP contribution in [0, 0.1) is 13.8 Å². The Kier molecular flexibility index (Phi) is 6.91. The van der Waals surface area contributed by atoms with E-state index in [0.717, 1.165) is 28.6 Å². The van der Waals surface area contributed by atoms with E-state index < -0.39 is 15.7 Å². The molecular weight excluding hydrogens is 474 g/mol. The smallest absolute Gasteiger partial charge is 0.253 e. The van der Waals surface area contributed by atoms with Crippen LogP contribution in [0.2, 0.25) is 0 Å². The molecule has 0 bridgehead atoms. The third-order valence-electron chi connectivity index (χ3n) is 6.35. The number of aryl methyl sites for hydroxylation is 2. The van der Waals surface area contributed by atoms with Crippen LogP contribution in [0.5, 0.6) is 0 Å². The summed E-state index contributed by atoms with van der Waals surface area (Å²) in [6.45, 7) is 7.76. The van der Waals surface area contributed by atoms with E-state index in [1.807, 2.05) is 74.9 Å². The lowest BCUT2D eigenvalue weighted by Gasteiger charge is -2.14. The molecule has 36 heavy (non-hydrogen) atoms. The fourth-order valence-electron chi connectivity index (χ4n) is 4.60. The number of hydrogen-bond acceptors (Lipinski definition) is 4. The highest BCUT2D eigenvalue weighted by molar-refractivity contribution is 7.90. The van der Waals surface area contributed by atoms with Crippen LogP contribution >= 0.6 is 0 Å². The van der Waals surface area contributed by atoms with E-state index in [2.05, 4.69) is 10.3 Å². The molecule has 4 aromatic rings. The fourth-order valence-corrected chi connectivity index (χ4v) is 5.26. The lowest BCUT2D eigenvalue weighted by atomic mass is 10.00. The number of H-pyrrole nitrogens is 1. The molecule has 0 spiro atoms. The summed E-state index contributed by atoms with van der Waals surface area (Å²) in [5.74, 6) is -0.430. The predicted molar refractivity (Wildman–Crippen MR) is 142 cm³/mol. The second-order valence-corrected chi connectivity index (χ2v) is 11.6. The summed E-state index contributed by atoms with van der Waals surface area (Å²) in [5, 5.41) is 3.58. The Labute approximate surface area is 211 Å². The van der Waals surface area contributed by atoms with Crippen molar-refractivity contribution in [1.29, 1.82) is 0 Å². The number of aromatic nitrogens is 2. The summed E-state index contributed by atoms with van der Waals surface area (Å²) in [6.07, 6.45) is 3.62. The van der Waals surface area contributed by atoms with Crippen molar-refractivity contribution in [3.63, 3.8) is 0 Å². The summed E-state index contributed by atoms with van der Waals surface area (Å²) in [6, 6.07) is 14.9. The maximum atomic E-state index is 13.5. The minimum absolute atomic E-state index is 0.0190. The van der Waals surface area contributed by atoms with Crippen molar-refractivity contribution >= 4 is 26.6 Å². The van der Waals surface area contributed by atoms with E-state index in [4.69, 9.17) is 0 Å². The summed E-state index contributed by atoms with van der Waals surface area (Å²) in [7, 11) is -3.55. The van der Waals surface area contributed by atoms with E-state index in [1.165, 1.54) is 6.07 Å². The fraction of sp³-hybridized carbons (Fsp3) is 0.286. The highest BCUT2D eigenvalue weighted by Crippen LogP contribution is 2.30. The zero-order valence-electron chi connectivity index (χ0n) is 21.2. The Hall–Kier alpha value is -3.65. The molecule has 0 unspecified atom stereocenters. The van der Waals surface area contributed by atoms with Crippen LogP contribution in [0.4, 0.5) is 0 Å². The SMILES string of the molecule is Cc1cc(Cc2ccccc2)c(CNC(=O)c2cc(S(C)(=O)=O)cc3c2c(C)cn3C(C)C)c(=O)[nH]1. The Morgan fingerprint density at radius 1 is 1.08 bits per heavy atom. The average molecular weight is 506 g/mol. The predicted octanol–water partition coefficient (Wildman–Crippen LogP) is 4.45. The van der Waals surface area contributed by atoms with Gasteiger partial charge in [0.1, 0.15) is 0 Å². The van der Waals surface area contributed by atoms with Crippen LogP contribution in [0.15, 0.2) is 64.4 Å². The Balaban J connectivity index is 1.74. The van der Waals surface area contributed by atoms with E-state index in [9.17, 15) is 18.0 Å². The van der Waals surface area contributed by atoms with Gasteiger partial charge in [-0.3, -0.25) is 9.59 Å². The number of pyridine rings is 1. The quantitative estimate of drug-likeness (QED) is 0.387. The van der Waals surface area contributed by atoms with Gasteiger partial charge in [-0.15, -0.1) is 0 Å². The summed E-state index contributed by atoms with van der Waals surface area (Å²) >= 11 is 0. The van der Waals surface area contributed by atoms with Gasteiger partial charge in [0.05, 0.1) is 16.0 Å². The summed E-state index contributed by atoms with van der Waals surface area (Å²) in [5.41, 5.74) is 4.70. The molecule has 0 radical (unpaired) electrons. The normalized spacial score (nSPS) is 11.8. The summed E-state index contributed by atoms with van der Waals surface area (Å²) < 4.78 is 26.8. The van der Waals surface area contributed by atoms with Crippen molar-refractivity contribution in [2.24, 2.45) is 0 Å². The van der Waals surface area contributed by atoms with Gasteiger partial charge < -0.3 is 14.9 Å². The molecule has 2 aromatic heterocycles. The number of rotatable bonds is 7. The van der Waals surface area contributed by atoms with E-state index in [0.29, 0.717) is 22.9 Å². The molecule has 2 heterocycles. The van der Waals surface area contributed by atoms with Crippen molar-refractivity contribution in [3.8, 4) is 0 Å². The number of nitrogens with one attached hydrogen (secondary N) is 2. The molecule has 0 aliphatic rings. The van der Waals surface area contributed by atoms with Gasteiger partial charge in [-0.1, -0.05) is 30.3 Å². The number of aromatic amines is 1. The van der Waals surface area contributed by atoms with Crippen molar-refractivity contribution < 1.29 is 13.2 Å². The maximum Gasteiger partial charge on any atom is 0.253 e. The molecule has 1 amide bonds. The van der Waals surface area contributed by atoms with Gasteiger partial charge in [0.2, 0.25) is 0 Å². The van der Waals surface area contributed by atoms with E-state index in [1.54, 1.807) is 6.07 Å². The molecule has 0 fully saturated rings. The van der Waals surface area contributed by atoms with Gasteiger partial charge in [0.15, 0.2) is 9.84 Å². The number of nitrogens with zero attached hydrogens (tertiary/aromatic N) is 1. The van der Waals surface area contributed by atoms with Gasteiger partial charge in [-0.2, -0.15) is 0 Å². The minimum Gasteiger partial charge on any atom is -0.348 e. The van der Waals surface area contributed by atoms with Gasteiger partial charge >= 0.3 is 0 Å².